The number of hydrogen-bond donors (Lipinski definition) is 4. The number of nitrogens with one attached hydrogen (secondary N) is 4. The highest BCUT2D eigenvalue weighted by Crippen LogP contribution is 2.20. The van der Waals surface area contributed by atoms with Gasteiger partial charge in [0, 0.05) is 31.3 Å². The Kier molecular flexibility index (Phi) is 10.5. The molecular weight excluding hydrogens is 518 g/mol. The lowest BCUT2D eigenvalue weighted by molar-refractivity contribution is -0.130. The number of amides is 3. The van der Waals surface area contributed by atoms with Gasteiger partial charge in [0.15, 0.2) is 0 Å². The van der Waals surface area contributed by atoms with E-state index in [1.54, 1.807) is 6.20 Å². The number of aromatic nitrogens is 2. The number of hydrogen-bond acceptors (Lipinski definition) is 5. The van der Waals surface area contributed by atoms with Gasteiger partial charge >= 0.3 is 6.09 Å². The highest BCUT2D eigenvalue weighted by atomic mass is 16.5. The molecule has 3 amide bonds. The smallest absolute Gasteiger partial charge is 0.408 e. The molecule has 0 spiro atoms. The number of nitrogens with zero attached hydrogens (tertiary/aromatic N) is 1. The molecule has 0 aliphatic carbocycles. The largest absolute Gasteiger partial charge is 0.445 e. The Morgan fingerprint density at radius 1 is 0.854 bits per heavy atom. The minimum Gasteiger partial charge on any atom is -0.445 e. The summed E-state index contributed by atoms with van der Waals surface area (Å²) in [4.78, 5) is 46.8. The number of carbonyl (C=O) groups is 3. The van der Waals surface area contributed by atoms with Crippen LogP contribution in [-0.4, -0.2) is 46.5 Å². The van der Waals surface area contributed by atoms with Gasteiger partial charge in [-0.05, 0) is 34.2 Å². The van der Waals surface area contributed by atoms with Gasteiger partial charge in [0.2, 0.25) is 11.8 Å². The average Bonchev–Trinajstić information content (AvgIpc) is 3.49. The van der Waals surface area contributed by atoms with E-state index in [2.05, 4.69) is 39.8 Å². The van der Waals surface area contributed by atoms with Crippen LogP contribution in [0.2, 0.25) is 0 Å². The molecule has 0 bridgehead atoms. The molecule has 0 radical (unpaired) electrons. The Morgan fingerprint density at radius 3 is 2.34 bits per heavy atom. The molecule has 0 fully saturated rings. The molecule has 41 heavy (non-hydrogen) atoms. The predicted octanol–water partition coefficient (Wildman–Crippen LogP) is 4.29. The van der Waals surface area contributed by atoms with Gasteiger partial charge in [0.1, 0.15) is 18.7 Å². The molecule has 1 aromatic heterocycles. The van der Waals surface area contributed by atoms with Crippen LogP contribution in [0, 0.1) is 5.92 Å². The topological polar surface area (TPSA) is 125 Å². The fourth-order valence-electron chi connectivity index (χ4n) is 4.51. The van der Waals surface area contributed by atoms with Gasteiger partial charge in [-0.2, -0.15) is 0 Å². The zero-order valence-corrected chi connectivity index (χ0v) is 23.4. The maximum absolute atomic E-state index is 13.7. The third-order valence-electron chi connectivity index (χ3n) is 6.76. The van der Waals surface area contributed by atoms with Gasteiger partial charge in [0.05, 0.1) is 6.33 Å². The number of fused-ring (bicyclic) bond motifs is 1. The number of carbonyl (C=O) groups excluding carboxylic acids is 3. The van der Waals surface area contributed by atoms with E-state index < -0.39 is 24.1 Å². The molecule has 2 atom stereocenters. The van der Waals surface area contributed by atoms with Crippen LogP contribution in [0.4, 0.5) is 4.79 Å². The molecule has 4 N–H and O–H groups in total. The molecule has 9 heteroatoms. The normalized spacial score (nSPS) is 12.5. The highest BCUT2D eigenvalue weighted by Gasteiger charge is 2.28. The molecular formula is C32H37N5O4. The monoisotopic (exact) mass is 555 g/mol. The molecule has 4 aromatic rings. The molecule has 0 aliphatic rings. The van der Waals surface area contributed by atoms with Crippen molar-refractivity contribution in [2.24, 2.45) is 5.92 Å². The molecule has 4 rings (SSSR count). The van der Waals surface area contributed by atoms with Crippen molar-refractivity contribution in [1.29, 1.82) is 0 Å². The van der Waals surface area contributed by atoms with E-state index in [0.29, 0.717) is 18.2 Å². The molecule has 0 saturated carbocycles. The molecule has 214 valence electrons. The second kappa shape index (κ2) is 14.6. The van der Waals surface area contributed by atoms with E-state index in [0.717, 1.165) is 28.3 Å². The van der Waals surface area contributed by atoms with E-state index in [9.17, 15) is 14.4 Å². The molecule has 1 heterocycles. The van der Waals surface area contributed by atoms with E-state index in [1.165, 1.54) is 6.33 Å². The minimum atomic E-state index is -0.989. The second-order valence-corrected chi connectivity index (χ2v) is 10.4. The Bertz CT molecular complexity index is 1420. The van der Waals surface area contributed by atoms with Gasteiger partial charge < -0.3 is 25.7 Å². The van der Waals surface area contributed by atoms with Gasteiger partial charge in [0.25, 0.3) is 0 Å². The Morgan fingerprint density at radius 2 is 1.59 bits per heavy atom. The first-order valence-corrected chi connectivity index (χ1v) is 13.9. The maximum atomic E-state index is 13.7. The fourth-order valence-corrected chi connectivity index (χ4v) is 4.51. The summed E-state index contributed by atoms with van der Waals surface area (Å²) in [6, 6.07) is 21.2. The average molecular weight is 556 g/mol. The van der Waals surface area contributed by atoms with Crippen LogP contribution < -0.4 is 16.0 Å². The Hall–Kier alpha value is -4.66. The Balaban J connectivity index is 1.53. The lowest BCUT2D eigenvalue weighted by Gasteiger charge is -2.23. The number of rotatable bonds is 13. The molecule has 0 saturated heterocycles. The van der Waals surface area contributed by atoms with E-state index >= 15 is 0 Å². The van der Waals surface area contributed by atoms with Crippen molar-refractivity contribution in [2.75, 3.05) is 6.54 Å². The molecule has 0 unspecified atom stereocenters. The van der Waals surface area contributed by atoms with Crippen LogP contribution in [0.5, 0.6) is 0 Å². The number of benzene rings is 3. The van der Waals surface area contributed by atoms with Crippen LogP contribution in [0.1, 0.15) is 37.1 Å². The predicted molar refractivity (Wildman–Crippen MR) is 158 cm³/mol. The van der Waals surface area contributed by atoms with E-state index in [1.807, 2.05) is 72.8 Å². The van der Waals surface area contributed by atoms with Crippen molar-refractivity contribution in [3.05, 3.63) is 102 Å². The van der Waals surface area contributed by atoms with Gasteiger partial charge in [-0.3, -0.25) is 9.59 Å². The standard InChI is InChI=1S/C32H37N5O4/c1-22(2)15-16-34-30(38)29(18-26-19-33-21-35-26)36-31(39)28(37-32(40)41-20-23-9-4-3-5-10-23)17-25-13-8-12-24-11-6-7-14-27(24)25/h3-14,19,21-22,28-29H,15-18,20H2,1-2H3,(H,33,35)(H,34,38)(H,36,39)(H,37,40)/t28-,29-/m1/s1. The molecule has 9 nitrogen and oxygen atoms in total. The van der Waals surface area contributed by atoms with Crippen LogP contribution in [-0.2, 0) is 33.8 Å². The summed E-state index contributed by atoms with van der Waals surface area (Å²) in [6.45, 7) is 4.72. The van der Waals surface area contributed by atoms with Crippen molar-refractivity contribution in [3.8, 4) is 0 Å². The SMILES string of the molecule is CC(C)CCNC(=O)[C@@H](Cc1cnc[nH]1)NC(=O)[C@@H](Cc1cccc2ccccc12)NC(=O)OCc1ccccc1. The number of imidazole rings is 1. The zero-order chi connectivity index (χ0) is 29.0. The summed E-state index contributed by atoms with van der Waals surface area (Å²) < 4.78 is 5.42. The summed E-state index contributed by atoms with van der Waals surface area (Å²) >= 11 is 0. The van der Waals surface area contributed by atoms with Crippen molar-refractivity contribution in [1.82, 2.24) is 25.9 Å². The van der Waals surface area contributed by atoms with Crippen LogP contribution >= 0.6 is 0 Å². The van der Waals surface area contributed by atoms with Gasteiger partial charge in [-0.1, -0.05) is 86.6 Å². The number of H-pyrrole nitrogens is 1. The third kappa shape index (κ3) is 8.93. The van der Waals surface area contributed by atoms with Crippen molar-refractivity contribution >= 4 is 28.7 Å². The fraction of sp³-hybridized carbons (Fsp3) is 0.312. The van der Waals surface area contributed by atoms with Crippen LogP contribution in [0.3, 0.4) is 0 Å². The quantitative estimate of drug-likeness (QED) is 0.196. The summed E-state index contributed by atoms with van der Waals surface area (Å²) in [5.41, 5.74) is 2.42. The molecule has 3 aromatic carbocycles. The van der Waals surface area contributed by atoms with E-state index in [4.69, 9.17) is 4.74 Å². The van der Waals surface area contributed by atoms with Crippen molar-refractivity contribution in [2.45, 2.75) is 51.8 Å². The number of alkyl carbamates (subject to hydrolysis) is 1. The summed E-state index contributed by atoms with van der Waals surface area (Å²) in [5.74, 6) is -0.366. The summed E-state index contributed by atoms with van der Waals surface area (Å²) in [5, 5.41) is 10.5. The molecule has 0 aliphatic heterocycles. The first kappa shape index (κ1) is 29.3. The number of aromatic amines is 1. The third-order valence-corrected chi connectivity index (χ3v) is 6.76. The van der Waals surface area contributed by atoms with Crippen LogP contribution in [0.25, 0.3) is 10.8 Å². The lowest BCUT2D eigenvalue weighted by atomic mass is 9.98. The maximum Gasteiger partial charge on any atom is 0.408 e. The van der Waals surface area contributed by atoms with Gasteiger partial charge in [-0.25, -0.2) is 9.78 Å². The van der Waals surface area contributed by atoms with E-state index in [-0.39, 0.29) is 25.4 Å². The van der Waals surface area contributed by atoms with Crippen molar-refractivity contribution < 1.29 is 19.1 Å². The van der Waals surface area contributed by atoms with Crippen molar-refractivity contribution in [3.63, 3.8) is 0 Å². The Labute approximate surface area is 240 Å². The number of ether oxygens (including phenoxy) is 1. The summed E-state index contributed by atoms with van der Waals surface area (Å²) in [6.07, 6.45) is 3.67. The van der Waals surface area contributed by atoms with Gasteiger partial charge in [-0.15, -0.1) is 0 Å². The lowest BCUT2D eigenvalue weighted by Crippen LogP contribution is -2.55. The summed E-state index contributed by atoms with van der Waals surface area (Å²) in [7, 11) is 0. The first-order chi connectivity index (χ1) is 19.9. The second-order valence-electron chi connectivity index (χ2n) is 10.4. The minimum absolute atomic E-state index is 0.0655. The van der Waals surface area contributed by atoms with Crippen LogP contribution in [0.15, 0.2) is 85.3 Å². The zero-order valence-electron chi connectivity index (χ0n) is 23.4. The first-order valence-electron chi connectivity index (χ1n) is 13.9. The highest BCUT2D eigenvalue weighted by molar-refractivity contribution is 5.92.